The van der Waals surface area contributed by atoms with Crippen LogP contribution >= 0.6 is 0 Å². The topological polar surface area (TPSA) is 17.3 Å². The third kappa shape index (κ3) is 3.89. The van der Waals surface area contributed by atoms with Crippen molar-refractivity contribution in [1.82, 2.24) is 9.38 Å². The molecule has 0 aliphatic rings. The van der Waals surface area contributed by atoms with Crippen LogP contribution in [0.4, 0.5) is 0 Å². The lowest BCUT2D eigenvalue weighted by Crippen LogP contribution is -1.92. The third-order valence-corrected chi connectivity index (χ3v) is 9.74. The summed E-state index contributed by atoms with van der Waals surface area (Å²) in [4.78, 5) is 5.11. The lowest BCUT2D eigenvalue weighted by molar-refractivity contribution is 1.23. The van der Waals surface area contributed by atoms with Gasteiger partial charge in [-0.05, 0) is 73.1 Å². The van der Waals surface area contributed by atoms with E-state index in [4.69, 9.17) is 4.98 Å². The molecule has 2 nitrogen and oxygen atoms in total. The molecular formula is C45H28N2. The molecule has 47 heavy (non-hydrogen) atoms. The van der Waals surface area contributed by atoms with Gasteiger partial charge in [0, 0.05) is 16.3 Å². The minimum absolute atomic E-state index is 0.979. The van der Waals surface area contributed by atoms with Crippen LogP contribution in [0.1, 0.15) is 0 Å². The lowest BCUT2D eigenvalue weighted by Gasteiger charge is -2.18. The summed E-state index contributed by atoms with van der Waals surface area (Å²) < 4.78 is 2.33. The van der Waals surface area contributed by atoms with Crippen LogP contribution in [-0.2, 0) is 0 Å². The molecule has 0 radical (unpaired) electrons. The molecule has 0 aliphatic heterocycles. The molecule has 10 aromatic rings. The number of nitrogens with zero attached hydrogens (tertiary/aromatic N) is 2. The fourth-order valence-electron chi connectivity index (χ4n) is 7.67. The first-order valence-electron chi connectivity index (χ1n) is 16.1. The summed E-state index contributed by atoms with van der Waals surface area (Å²) in [5, 5.41) is 7.57. The fourth-order valence-corrected chi connectivity index (χ4v) is 7.67. The van der Waals surface area contributed by atoms with Crippen LogP contribution in [0, 0.1) is 0 Å². The second kappa shape index (κ2) is 10.1. The molecule has 218 valence electrons. The van der Waals surface area contributed by atoms with Gasteiger partial charge in [0.15, 0.2) is 0 Å². The molecular weight excluding hydrogens is 569 g/mol. The quantitative estimate of drug-likeness (QED) is 0.185. The standard InChI is InChI=1S/C45H28N2/c1-3-12-30(13-4-1)42-35-17-7-8-18-36(35)43(31-14-5-2-6-15-31)39-28-33(26-27-37(39)42)29-22-24-32(25-23-29)45-46-40-20-11-19-38-34-16-9-10-21-41(34)47(45)44(38)40/h1-28H. The molecule has 2 aromatic heterocycles. The van der Waals surface area contributed by atoms with Crippen LogP contribution in [0.5, 0.6) is 0 Å². The van der Waals surface area contributed by atoms with Gasteiger partial charge in [-0.3, -0.25) is 4.40 Å². The lowest BCUT2D eigenvalue weighted by atomic mass is 9.85. The molecule has 0 amide bonds. The highest BCUT2D eigenvalue weighted by Gasteiger charge is 2.19. The highest BCUT2D eigenvalue weighted by atomic mass is 15.0. The number of benzene rings is 8. The van der Waals surface area contributed by atoms with Crippen molar-refractivity contribution in [3.8, 4) is 44.8 Å². The first-order valence-corrected chi connectivity index (χ1v) is 16.1. The molecule has 0 saturated carbocycles. The normalized spacial score (nSPS) is 11.8. The predicted octanol–water partition coefficient (Wildman–Crippen LogP) is 12.1. The Morgan fingerprint density at radius 2 is 0.872 bits per heavy atom. The van der Waals surface area contributed by atoms with E-state index in [1.807, 2.05) is 0 Å². The highest BCUT2D eigenvalue weighted by Crippen LogP contribution is 2.45. The molecule has 0 N–H and O–H groups in total. The van der Waals surface area contributed by atoms with Crippen molar-refractivity contribution >= 4 is 48.9 Å². The summed E-state index contributed by atoms with van der Waals surface area (Å²) in [5.74, 6) is 0.979. The van der Waals surface area contributed by atoms with Crippen molar-refractivity contribution in [1.29, 1.82) is 0 Å². The number of rotatable bonds is 4. The first-order chi connectivity index (χ1) is 23.3. The minimum atomic E-state index is 0.979. The van der Waals surface area contributed by atoms with E-state index in [-0.39, 0.29) is 0 Å². The maximum Gasteiger partial charge on any atom is 0.145 e. The minimum Gasteiger partial charge on any atom is -0.291 e. The van der Waals surface area contributed by atoms with Crippen molar-refractivity contribution in [2.75, 3.05) is 0 Å². The van der Waals surface area contributed by atoms with E-state index < -0.39 is 0 Å². The molecule has 0 unspecified atom stereocenters. The van der Waals surface area contributed by atoms with Crippen molar-refractivity contribution in [3.63, 3.8) is 0 Å². The third-order valence-electron chi connectivity index (χ3n) is 9.74. The Bertz CT molecular complexity index is 2760. The Kier molecular flexibility index (Phi) is 5.61. The molecule has 8 aromatic carbocycles. The van der Waals surface area contributed by atoms with E-state index in [0.29, 0.717) is 0 Å². The molecule has 0 bridgehead atoms. The molecule has 0 spiro atoms. The zero-order valence-electron chi connectivity index (χ0n) is 25.6. The van der Waals surface area contributed by atoms with Crippen LogP contribution in [0.2, 0.25) is 0 Å². The van der Waals surface area contributed by atoms with Gasteiger partial charge in [-0.15, -0.1) is 0 Å². The van der Waals surface area contributed by atoms with E-state index in [1.54, 1.807) is 0 Å². The Balaban J connectivity index is 1.18. The molecule has 0 fully saturated rings. The Hall–Kier alpha value is -6.25. The molecule has 10 rings (SSSR count). The van der Waals surface area contributed by atoms with Crippen LogP contribution < -0.4 is 0 Å². The molecule has 0 atom stereocenters. The van der Waals surface area contributed by atoms with Gasteiger partial charge in [0.25, 0.3) is 0 Å². The van der Waals surface area contributed by atoms with Crippen molar-refractivity contribution in [2.45, 2.75) is 0 Å². The summed E-state index contributed by atoms with van der Waals surface area (Å²) in [7, 11) is 0. The zero-order chi connectivity index (χ0) is 30.9. The van der Waals surface area contributed by atoms with E-state index in [9.17, 15) is 0 Å². The highest BCUT2D eigenvalue weighted by molar-refractivity contribution is 6.22. The maximum absolute atomic E-state index is 5.11. The summed E-state index contributed by atoms with van der Waals surface area (Å²) in [6, 6.07) is 61.4. The second-order valence-corrected chi connectivity index (χ2v) is 12.3. The van der Waals surface area contributed by atoms with Gasteiger partial charge in [0.2, 0.25) is 0 Å². The van der Waals surface area contributed by atoms with Crippen LogP contribution in [0.15, 0.2) is 170 Å². The van der Waals surface area contributed by atoms with E-state index in [2.05, 4.69) is 174 Å². The van der Waals surface area contributed by atoms with Gasteiger partial charge < -0.3 is 0 Å². The van der Waals surface area contributed by atoms with Crippen molar-refractivity contribution in [3.05, 3.63) is 170 Å². The Labute approximate surface area is 272 Å². The van der Waals surface area contributed by atoms with Crippen LogP contribution in [-0.4, -0.2) is 9.38 Å². The number of imidazole rings is 1. The maximum atomic E-state index is 5.11. The van der Waals surface area contributed by atoms with Gasteiger partial charge in [-0.1, -0.05) is 152 Å². The molecule has 2 heteroatoms. The first kappa shape index (κ1) is 26.0. The largest absolute Gasteiger partial charge is 0.291 e. The monoisotopic (exact) mass is 596 g/mol. The Morgan fingerprint density at radius 3 is 1.57 bits per heavy atom. The van der Waals surface area contributed by atoms with Gasteiger partial charge in [-0.25, -0.2) is 4.98 Å². The zero-order valence-corrected chi connectivity index (χ0v) is 25.6. The Morgan fingerprint density at radius 1 is 0.340 bits per heavy atom. The van der Waals surface area contributed by atoms with Crippen molar-refractivity contribution in [2.24, 2.45) is 0 Å². The fraction of sp³-hybridized carbons (Fsp3) is 0. The second-order valence-electron chi connectivity index (χ2n) is 12.3. The number of hydrogen-bond acceptors (Lipinski definition) is 1. The van der Waals surface area contributed by atoms with Crippen molar-refractivity contribution < 1.29 is 0 Å². The summed E-state index contributed by atoms with van der Waals surface area (Å²) in [5.41, 5.74) is 11.9. The number of hydrogen-bond donors (Lipinski definition) is 0. The number of fused-ring (bicyclic) bond motifs is 5. The SMILES string of the molecule is c1ccc(-c2c3ccccc3c(-c3ccccc3)c3cc(-c4ccc(-c5nc6cccc7c8ccccc8n5c67)cc4)ccc23)cc1. The summed E-state index contributed by atoms with van der Waals surface area (Å²) in [6.07, 6.45) is 0. The molecule has 0 saturated heterocycles. The average Bonchev–Trinajstić information content (AvgIpc) is 3.70. The molecule has 2 heterocycles. The number of aromatic nitrogens is 2. The van der Waals surface area contributed by atoms with Gasteiger partial charge in [0.05, 0.1) is 16.6 Å². The van der Waals surface area contributed by atoms with Crippen LogP contribution in [0.3, 0.4) is 0 Å². The van der Waals surface area contributed by atoms with Gasteiger partial charge in [0.1, 0.15) is 5.82 Å². The van der Waals surface area contributed by atoms with Gasteiger partial charge >= 0.3 is 0 Å². The summed E-state index contributed by atoms with van der Waals surface area (Å²) in [6.45, 7) is 0. The van der Waals surface area contributed by atoms with Gasteiger partial charge in [-0.2, -0.15) is 0 Å². The average molecular weight is 597 g/mol. The van der Waals surface area contributed by atoms with E-state index in [0.717, 1.165) is 16.9 Å². The number of para-hydroxylation sites is 2. The smallest absolute Gasteiger partial charge is 0.145 e. The molecule has 0 aliphatic carbocycles. The van der Waals surface area contributed by atoms with E-state index in [1.165, 1.54) is 76.7 Å². The van der Waals surface area contributed by atoms with E-state index >= 15 is 0 Å². The van der Waals surface area contributed by atoms with Crippen LogP contribution in [0.25, 0.3) is 93.6 Å². The summed E-state index contributed by atoms with van der Waals surface area (Å²) >= 11 is 0. The predicted molar refractivity (Wildman–Crippen MR) is 198 cm³/mol.